The molecule has 0 spiro atoms. The predicted octanol–water partition coefficient (Wildman–Crippen LogP) is 0.996. The molecule has 0 atom stereocenters. The van der Waals surface area contributed by atoms with Crippen molar-refractivity contribution in [2.24, 2.45) is 0 Å². The van der Waals surface area contributed by atoms with E-state index in [4.69, 9.17) is 0 Å². The summed E-state index contributed by atoms with van der Waals surface area (Å²) in [7, 11) is 3.74. The highest BCUT2D eigenvalue weighted by Gasteiger charge is 2.17. The SMILES string of the molecule is CC(=O)N(CC(=O)NCCN(C)C)c1ccc(F)c(F)c1. The number of nitrogens with one attached hydrogen (secondary N) is 1. The van der Waals surface area contributed by atoms with E-state index in [1.165, 1.54) is 13.0 Å². The summed E-state index contributed by atoms with van der Waals surface area (Å²) in [5, 5.41) is 2.65. The molecule has 0 radical (unpaired) electrons. The van der Waals surface area contributed by atoms with Crippen molar-refractivity contribution in [2.45, 2.75) is 6.92 Å². The van der Waals surface area contributed by atoms with Gasteiger partial charge in [-0.2, -0.15) is 0 Å². The second-order valence-corrected chi connectivity index (χ2v) is 4.86. The van der Waals surface area contributed by atoms with Gasteiger partial charge in [0.25, 0.3) is 0 Å². The number of halogens is 2. The van der Waals surface area contributed by atoms with Gasteiger partial charge in [0, 0.05) is 31.8 Å². The Morgan fingerprint density at radius 1 is 1.19 bits per heavy atom. The molecule has 1 N–H and O–H groups in total. The molecule has 0 bridgehead atoms. The van der Waals surface area contributed by atoms with E-state index in [0.29, 0.717) is 13.1 Å². The number of benzene rings is 1. The van der Waals surface area contributed by atoms with Crippen LogP contribution >= 0.6 is 0 Å². The van der Waals surface area contributed by atoms with Crippen LogP contribution in [0.2, 0.25) is 0 Å². The topological polar surface area (TPSA) is 52.7 Å². The van der Waals surface area contributed by atoms with E-state index in [1.54, 1.807) is 0 Å². The molecule has 0 saturated carbocycles. The van der Waals surface area contributed by atoms with Gasteiger partial charge in [0.05, 0.1) is 0 Å². The number of hydrogen-bond acceptors (Lipinski definition) is 3. The van der Waals surface area contributed by atoms with Gasteiger partial charge in [0.2, 0.25) is 11.8 Å². The van der Waals surface area contributed by atoms with Crippen molar-refractivity contribution in [1.29, 1.82) is 0 Å². The van der Waals surface area contributed by atoms with Gasteiger partial charge in [0.1, 0.15) is 6.54 Å². The van der Waals surface area contributed by atoms with E-state index >= 15 is 0 Å². The minimum absolute atomic E-state index is 0.143. The van der Waals surface area contributed by atoms with Crippen LogP contribution in [0.4, 0.5) is 14.5 Å². The monoisotopic (exact) mass is 299 g/mol. The summed E-state index contributed by atoms with van der Waals surface area (Å²) in [5.74, 6) is -2.86. The first-order valence-electron chi connectivity index (χ1n) is 6.46. The fraction of sp³-hybridized carbons (Fsp3) is 0.429. The zero-order valence-corrected chi connectivity index (χ0v) is 12.3. The molecule has 0 saturated heterocycles. The fourth-order valence-electron chi connectivity index (χ4n) is 1.66. The van der Waals surface area contributed by atoms with E-state index in [2.05, 4.69) is 5.32 Å². The third-order valence-corrected chi connectivity index (χ3v) is 2.78. The van der Waals surface area contributed by atoms with Crippen LogP contribution in [0.1, 0.15) is 6.92 Å². The largest absolute Gasteiger partial charge is 0.353 e. The number of hydrogen-bond donors (Lipinski definition) is 1. The second-order valence-electron chi connectivity index (χ2n) is 4.86. The Bertz CT molecular complexity index is 521. The maximum Gasteiger partial charge on any atom is 0.240 e. The third kappa shape index (κ3) is 5.47. The van der Waals surface area contributed by atoms with Crippen molar-refractivity contribution in [3.63, 3.8) is 0 Å². The van der Waals surface area contributed by atoms with Crippen LogP contribution in [0.5, 0.6) is 0 Å². The summed E-state index contributed by atoms with van der Waals surface area (Å²) in [6, 6.07) is 3.07. The summed E-state index contributed by atoms with van der Waals surface area (Å²) in [6.07, 6.45) is 0. The molecule has 0 aromatic heterocycles. The number of nitrogens with zero attached hydrogens (tertiary/aromatic N) is 2. The van der Waals surface area contributed by atoms with Gasteiger partial charge in [-0.05, 0) is 26.2 Å². The molecule has 0 heterocycles. The van der Waals surface area contributed by atoms with E-state index in [0.717, 1.165) is 17.0 Å². The molecule has 0 fully saturated rings. The second kappa shape index (κ2) is 7.68. The average Bonchev–Trinajstić information content (AvgIpc) is 2.38. The zero-order chi connectivity index (χ0) is 16.0. The highest BCUT2D eigenvalue weighted by Crippen LogP contribution is 2.18. The maximum absolute atomic E-state index is 13.2. The van der Waals surface area contributed by atoms with Crippen molar-refractivity contribution in [3.8, 4) is 0 Å². The standard InChI is InChI=1S/C14H19F2N3O2/c1-10(20)19(9-14(21)17-6-7-18(2)3)11-4-5-12(15)13(16)8-11/h4-5,8H,6-7,9H2,1-3H3,(H,17,21). The highest BCUT2D eigenvalue weighted by atomic mass is 19.2. The first-order valence-corrected chi connectivity index (χ1v) is 6.46. The van der Waals surface area contributed by atoms with Crippen molar-refractivity contribution < 1.29 is 18.4 Å². The lowest BCUT2D eigenvalue weighted by molar-refractivity contribution is -0.123. The lowest BCUT2D eigenvalue weighted by Gasteiger charge is -2.21. The predicted molar refractivity (Wildman–Crippen MR) is 75.9 cm³/mol. The minimum Gasteiger partial charge on any atom is -0.353 e. The van der Waals surface area contributed by atoms with Gasteiger partial charge in [-0.3, -0.25) is 9.59 Å². The number of carbonyl (C=O) groups is 2. The molecule has 7 heteroatoms. The number of anilines is 1. The number of carbonyl (C=O) groups excluding carboxylic acids is 2. The van der Waals surface area contributed by atoms with Crippen LogP contribution in [-0.4, -0.2) is 50.4 Å². The molecule has 1 rings (SSSR count). The molecule has 0 aliphatic carbocycles. The Balaban J connectivity index is 2.71. The molecule has 2 amide bonds. The van der Waals surface area contributed by atoms with Crippen molar-refractivity contribution in [3.05, 3.63) is 29.8 Å². The molecular formula is C14H19F2N3O2. The van der Waals surface area contributed by atoms with E-state index in [1.807, 2.05) is 19.0 Å². The molecule has 0 aliphatic heterocycles. The Kier molecular flexibility index (Phi) is 6.23. The van der Waals surface area contributed by atoms with Gasteiger partial charge in [-0.1, -0.05) is 0 Å². The molecule has 1 aromatic rings. The van der Waals surface area contributed by atoms with Gasteiger partial charge >= 0.3 is 0 Å². The first kappa shape index (κ1) is 17.0. The minimum atomic E-state index is -1.06. The lowest BCUT2D eigenvalue weighted by Crippen LogP contribution is -2.41. The third-order valence-electron chi connectivity index (χ3n) is 2.78. The Labute approximate surface area is 122 Å². The highest BCUT2D eigenvalue weighted by molar-refractivity contribution is 5.97. The molecule has 116 valence electrons. The van der Waals surface area contributed by atoms with Crippen LogP contribution in [0.25, 0.3) is 0 Å². The zero-order valence-electron chi connectivity index (χ0n) is 12.3. The summed E-state index contributed by atoms with van der Waals surface area (Å²) in [4.78, 5) is 26.3. The van der Waals surface area contributed by atoms with Gasteiger partial charge in [-0.15, -0.1) is 0 Å². The summed E-state index contributed by atoms with van der Waals surface area (Å²) in [5.41, 5.74) is 0.143. The summed E-state index contributed by atoms with van der Waals surface area (Å²) >= 11 is 0. The quantitative estimate of drug-likeness (QED) is 0.852. The van der Waals surface area contributed by atoms with Gasteiger partial charge in [-0.25, -0.2) is 8.78 Å². The molecular weight excluding hydrogens is 280 g/mol. The molecule has 1 aromatic carbocycles. The first-order chi connectivity index (χ1) is 9.81. The number of rotatable bonds is 6. The average molecular weight is 299 g/mol. The Hall–Kier alpha value is -2.02. The van der Waals surface area contributed by atoms with E-state index < -0.39 is 17.5 Å². The van der Waals surface area contributed by atoms with Crippen LogP contribution in [-0.2, 0) is 9.59 Å². The molecule has 0 unspecified atom stereocenters. The maximum atomic E-state index is 13.2. The summed E-state index contributed by atoms with van der Waals surface area (Å²) in [6.45, 7) is 2.12. The van der Waals surface area contributed by atoms with Gasteiger partial charge in [0.15, 0.2) is 11.6 Å². The Morgan fingerprint density at radius 2 is 1.86 bits per heavy atom. The van der Waals surface area contributed by atoms with Crippen molar-refractivity contribution in [2.75, 3.05) is 38.6 Å². The van der Waals surface area contributed by atoms with Crippen LogP contribution in [0, 0.1) is 11.6 Å². The van der Waals surface area contributed by atoms with Crippen molar-refractivity contribution >= 4 is 17.5 Å². The smallest absolute Gasteiger partial charge is 0.240 e. The van der Waals surface area contributed by atoms with Gasteiger partial charge < -0.3 is 15.1 Å². The number of likely N-dealkylation sites (N-methyl/N-ethyl adjacent to an activating group) is 1. The van der Waals surface area contributed by atoms with E-state index in [9.17, 15) is 18.4 Å². The molecule has 0 aliphatic rings. The Morgan fingerprint density at radius 3 is 2.38 bits per heavy atom. The van der Waals surface area contributed by atoms with Crippen LogP contribution in [0.15, 0.2) is 18.2 Å². The molecule has 21 heavy (non-hydrogen) atoms. The van der Waals surface area contributed by atoms with Crippen molar-refractivity contribution in [1.82, 2.24) is 10.2 Å². The normalized spacial score (nSPS) is 10.6. The lowest BCUT2D eigenvalue weighted by atomic mass is 10.2. The van der Waals surface area contributed by atoms with E-state index in [-0.39, 0.29) is 18.1 Å². The summed E-state index contributed by atoms with van der Waals surface area (Å²) < 4.78 is 26.1. The van der Waals surface area contributed by atoms with Crippen LogP contribution in [0.3, 0.4) is 0 Å². The number of amides is 2. The fourth-order valence-corrected chi connectivity index (χ4v) is 1.66. The van der Waals surface area contributed by atoms with Crippen LogP contribution < -0.4 is 10.2 Å². The molecule has 5 nitrogen and oxygen atoms in total.